The van der Waals surface area contributed by atoms with E-state index in [1.54, 1.807) is 7.11 Å². The lowest BCUT2D eigenvalue weighted by Crippen LogP contribution is -2.31. The number of aromatic amines is 1. The van der Waals surface area contributed by atoms with Gasteiger partial charge in [-0.25, -0.2) is 24.7 Å². The van der Waals surface area contributed by atoms with Crippen molar-refractivity contribution in [2.45, 2.75) is 77.5 Å². The molecule has 0 aromatic carbocycles. The molecule has 4 aromatic heterocycles. The van der Waals surface area contributed by atoms with Crippen LogP contribution in [0.25, 0.3) is 22.8 Å². The summed E-state index contributed by atoms with van der Waals surface area (Å²) in [7, 11) is 1.69. The van der Waals surface area contributed by atoms with Crippen molar-refractivity contribution >= 4 is 28.3 Å². The van der Waals surface area contributed by atoms with Gasteiger partial charge in [-0.1, -0.05) is 31.3 Å². The molecule has 2 atom stereocenters. The Morgan fingerprint density at radius 2 is 2.03 bits per heavy atom. The van der Waals surface area contributed by atoms with Gasteiger partial charge in [0.2, 0.25) is 11.6 Å². The van der Waals surface area contributed by atoms with E-state index in [9.17, 15) is 4.79 Å². The van der Waals surface area contributed by atoms with E-state index in [4.69, 9.17) is 24.2 Å². The minimum atomic E-state index is -0.651. The molecule has 2 N–H and O–H groups in total. The molecule has 0 spiro atoms. The smallest absolute Gasteiger partial charge is 0.367 e. The SMILES string of the molecule is COC(c1cscn1)c1nc2nc(-c3noc(=O)[nH]3)nc(NC(C)C3CCC3)c2n1CC1CCC(C)CC1. The summed E-state index contributed by atoms with van der Waals surface area (Å²) in [6.07, 6.45) is 8.03. The number of hydrogen-bond acceptors (Lipinski definition) is 10. The number of H-pyrrole nitrogens is 1. The molecule has 202 valence electrons. The van der Waals surface area contributed by atoms with Crippen molar-refractivity contribution in [1.82, 2.24) is 34.6 Å². The van der Waals surface area contributed by atoms with E-state index in [2.05, 4.69) is 38.9 Å². The van der Waals surface area contributed by atoms with Gasteiger partial charge in [0.05, 0.1) is 11.2 Å². The van der Waals surface area contributed by atoms with Crippen molar-refractivity contribution in [2.24, 2.45) is 17.8 Å². The van der Waals surface area contributed by atoms with E-state index in [1.165, 1.54) is 56.3 Å². The Balaban J connectivity index is 1.51. The van der Waals surface area contributed by atoms with Gasteiger partial charge >= 0.3 is 5.76 Å². The number of hydrogen-bond donors (Lipinski definition) is 2. The lowest BCUT2D eigenvalue weighted by molar-refractivity contribution is 0.121. The Kier molecular flexibility index (Phi) is 7.00. The maximum Gasteiger partial charge on any atom is 0.439 e. The summed E-state index contributed by atoms with van der Waals surface area (Å²) in [6, 6.07) is 0.227. The van der Waals surface area contributed by atoms with Crippen LogP contribution in [-0.2, 0) is 11.3 Å². The predicted molar refractivity (Wildman–Crippen MR) is 144 cm³/mol. The Hall–Kier alpha value is -3.12. The van der Waals surface area contributed by atoms with E-state index in [-0.39, 0.29) is 17.7 Å². The number of methoxy groups -OCH3 is 1. The van der Waals surface area contributed by atoms with Crippen LogP contribution in [-0.4, -0.2) is 47.8 Å². The van der Waals surface area contributed by atoms with Crippen LogP contribution in [0.2, 0.25) is 0 Å². The van der Waals surface area contributed by atoms with Gasteiger partial charge in [0.1, 0.15) is 11.3 Å². The zero-order chi connectivity index (χ0) is 26.2. The number of thiazole rings is 1. The third kappa shape index (κ3) is 4.86. The molecular formula is C26H34N8O3S. The quantitative estimate of drug-likeness (QED) is 0.308. The van der Waals surface area contributed by atoms with Gasteiger partial charge in [0.15, 0.2) is 17.6 Å². The molecule has 0 saturated heterocycles. The lowest BCUT2D eigenvalue weighted by Gasteiger charge is -2.32. The first-order valence-corrected chi connectivity index (χ1v) is 14.5. The molecule has 2 unspecified atom stereocenters. The third-order valence-electron chi connectivity index (χ3n) is 8.27. The van der Waals surface area contributed by atoms with Crippen LogP contribution >= 0.6 is 11.3 Å². The van der Waals surface area contributed by atoms with Crippen LogP contribution in [0.15, 0.2) is 20.2 Å². The van der Waals surface area contributed by atoms with Crippen LogP contribution in [0.5, 0.6) is 0 Å². The van der Waals surface area contributed by atoms with Crippen molar-refractivity contribution in [1.29, 1.82) is 0 Å². The van der Waals surface area contributed by atoms with Crippen molar-refractivity contribution in [3.8, 4) is 11.6 Å². The first-order valence-electron chi connectivity index (χ1n) is 13.5. The summed E-state index contributed by atoms with van der Waals surface area (Å²) in [4.78, 5) is 33.4. The van der Waals surface area contributed by atoms with Gasteiger partial charge in [-0.05, 0) is 50.4 Å². The van der Waals surface area contributed by atoms with Gasteiger partial charge in [-0.2, -0.15) is 0 Å². The summed E-state index contributed by atoms with van der Waals surface area (Å²) in [5, 5.41) is 9.51. The molecule has 12 heteroatoms. The van der Waals surface area contributed by atoms with Crippen LogP contribution in [0.1, 0.15) is 76.4 Å². The number of aromatic nitrogens is 7. The van der Waals surface area contributed by atoms with Gasteiger partial charge in [-0.15, -0.1) is 11.3 Å². The monoisotopic (exact) mass is 538 g/mol. The Labute approximate surface area is 224 Å². The second kappa shape index (κ2) is 10.6. The summed E-state index contributed by atoms with van der Waals surface area (Å²) in [6.45, 7) is 5.34. The number of ether oxygens (including phenoxy) is 1. The van der Waals surface area contributed by atoms with Crippen LogP contribution in [0.4, 0.5) is 5.82 Å². The Morgan fingerprint density at radius 3 is 2.66 bits per heavy atom. The zero-order valence-corrected chi connectivity index (χ0v) is 22.8. The van der Waals surface area contributed by atoms with Gasteiger partial charge in [0, 0.05) is 25.1 Å². The molecule has 0 bridgehead atoms. The molecule has 6 rings (SSSR count). The molecule has 0 radical (unpaired) electrons. The van der Waals surface area contributed by atoms with Crippen molar-refractivity contribution in [2.75, 3.05) is 12.4 Å². The molecule has 4 aromatic rings. The van der Waals surface area contributed by atoms with E-state index in [0.29, 0.717) is 23.3 Å². The molecule has 38 heavy (non-hydrogen) atoms. The summed E-state index contributed by atoms with van der Waals surface area (Å²) in [5.74, 6) is 3.11. The highest BCUT2D eigenvalue weighted by molar-refractivity contribution is 7.07. The number of rotatable bonds is 9. The molecule has 2 aliphatic carbocycles. The topological polar surface area (TPSA) is 137 Å². The largest absolute Gasteiger partial charge is 0.439 e. The summed E-state index contributed by atoms with van der Waals surface area (Å²) < 4.78 is 13.0. The second-order valence-electron chi connectivity index (χ2n) is 10.9. The van der Waals surface area contributed by atoms with Crippen LogP contribution in [0, 0.1) is 17.8 Å². The maximum atomic E-state index is 11.7. The summed E-state index contributed by atoms with van der Waals surface area (Å²) in [5.41, 5.74) is 4.00. The standard InChI is InChI=1S/C26H34N8O3S/c1-14-7-9-16(10-8-14)11-34-19-21(28-15(2)17-5-4-6-17)29-23(24-32-26(35)37-33-24)30-22(19)31-25(34)20(36-3)18-12-38-13-27-18/h12-17,20H,4-11H2,1-3H3,(H,28,29,30)(H,32,33,35). The molecule has 4 heterocycles. The average Bonchev–Trinajstić information content (AvgIpc) is 3.61. The van der Waals surface area contributed by atoms with Crippen LogP contribution < -0.4 is 11.1 Å². The number of nitrogens with zero attached hydrogens (tertiary/aromatic N) is 6. The molecule has 2 aliphatic rings. The molecule has 2 saturated carbocycles. The van der Waals surface area contributed by atoms with Crippen molar-refractivity contribution < 1.29 is 9.26 Å². The fraction of sp³-hybridized carbons (Fsp3) is 0.615. The van der Waals surface area contributed by atoms with Crippen LogP contribution in [0.3, 0.4) is 0 Å². The van der Waals surface area contributed by atoms with E-state index in [1.807, 2.05) is 10.9 Å². The number of imidazole rings is 1. The Morgan fingerprint density at radius 1 is 1.21 bits per heavy atom. The minimum absolute atomic E-state index is 0.177. The molecule has 2 fully saturated rings. The van der Waals surface area contributed by atoms with E-state index in [0.717, 1.165) is 29.5 Å². The Bertz CT molecular complexity index is 1430. The zero-order valence-electron chi connectivity index (χ0n) is 22.0. The third-order valence-corrected chi connectivity index (χ3v) is 8.88. The molecule has 11 nitrogen and oxygen atoms in total. The number of anilines is 1. The minimum Gasteiger partial charge on any atom is -0.367 e. The molecular weight excluding hydrogens is 504 g/mol. The number of nitrogens with one attached hydrogen (secondary N) is 2. The molecule has 0 aliphatic heterocycles. The fourth-order valence-electron chi connectivity index (χ4n) is 5.72. The van der Waals surface area contributed by atoms with Crippen molar-refractivity contribution in [3.63, 3.8) is 0 Å². The summed E-state index contributed by atoms with van der Waals surface area (Å²) >= 11 is 1.53. The lowest BCUT2D eigenvalue weighted by atomic mass is 9.80. The van der Waals surface area contributed by atoms with Crippen molar-refractivity contribution in [3.05, 3.63) is 33.0 Å². The first kappa shape index (κ1) is 25.2. The van der Waals surface area contributed by atoms with Gasteiger partial charge in [-0.3, -0.25) is 9.51 Å². The predicted octanol–water partition coefficient (Wildman–Crippen LogP) is 4.79. The maximum absolute atomic E-state index is 11.7. The van der Waals surface area contributed by atoms with E-state index >= 15 is 0 Å². The average molecular weight is 539 g/mol. The normalized spacial score (nSPS) is 21.9. The first-order chi connectivity index (χ1) is 18.5. The molecule has 0 amide bonds. The van der Waals surface area contributed by atoms with E-state index < -0.39 is 11.9 Å². The second-order valence-corrected chi connectivity index (χ2v) is 11.6. The highest BCUT2D eigenvalue weighted by atomic mass is 32.1. The fourth-order valence-corrected chi connectivity index (χ4v) is 6.29. The highest BCUT2D eigenvalue weighted by Crippen LogP contribution is 2.37. The van der Waals surface area contributed by atoms with Gasteiger partial charge in [0.25, 0.3) is 0 Å². The van der Waals surface area contributed by atoms with Gasteiger partial charge < -0.3 is 14.6 Å². The number of fused-ring (bicyclic) bond motifs is 1. The highest BCUT2D eigenvalue weighted by Gasteiger charge is 2.31.